The predicted octanol–water partition coefficient (Wildman–Crippen LogP) is 2.73. The summed E-state index contributed by atoms with van der Waals surface area (Å²) in [6.45, 7) is 6.70. The van der Waals surface area contributed by atoms with E-state index in [4.69, 9.17) is 5.26 Å². The van der Waals surface area contributed by atoms with E-state index in [-0.39, 0.29) is 0 Å². The highest BCUT2D eigenvalue weighted by atomic mass is 14.6. The molecule has 0 spiro atoms. The quantitative estimate of drug-likeness (QED) is 0.545. The van der Waals surface area contributed by atoms with Crippen LogP contribution in [0.25, 0.3) is 0 Å². The van der Waals surface area contributed by atoms with Crippen molar-refractivity contribution in [2.45, 2.75) is 40.0 Å². The van der Waals surface area contributed by atoms with Crippen LogP contribution in [0.4, 0.5) is 0 Å². The van der Waals surface area contributed by atoms with Crippen molar-refractivity contribution >= 4 is 0 Å². The van der Waals surface area contributed by atoms with Gasteiger partial charge in [0.05, 0.1) is 6.07 Å². The molecular weight excluding hydrogens is 122 g/mol. The molecule has 1 fully saturated rings. The van der Waals surface area contributed by atoms with Gasteiger partial charge in [-0.2, -0.15) is 5.26 Å². The van der Waals surface area contributed by atoms with Crippen LogP contribution >= 0.6 is 0 Å². The number of nitrogens with zero attached hydrogens (tertiary/aromatic N) is 1. The fourth-order valence-electron chi connectivity index (χ4n) is 1.49. The number of hydrogen-bond acceptors (Lipinski definition) is 1. The van der Waals surface area contributed by atoms with E-state index in [1.54, 1.807) is 0 Å². The Labute approximate surface area is 63.0 Å². The van der Waals surface area contributed by atoms with Crippen LogP contribution in [0.5, 0.6) is 0 Å². The van der Waals surface area contributed by atoms with Gasteiger partial charge < -0.3 is 0 Å². The van der Waals surface area contributed by atoms with Crippen LogP contribution in [0, 0.1) is 22.2 Å². The Balaban J connectivity index is 2.63. The van der Waals surface area contributed by atoms with Gasteiger partial charge in [0.15, 0.2) is 0 Å². The van der Waals surface area contributed by atoms with Gasteiger partial charge in [-0.05, 0) is 23.7 Å². The maximum Gasteiger partial charge on any atom is 0.0627 e. The average molecular weight is 137 g/mol. The molecule has 0 amide bonds. The van der Waals surface area contributed by atoms with Gasteiger partial charge in [0.25, 0.3) is 0 Å². The predicted molar refractivity (Wildman–Crippen MR) is 41.4 cm³/mol. The summed E-state index contributed by atoms with van der Waals surface area (Å²) in [6, 6.07) is 2.28. The summed E-state index contributed by atoms with van der Waals surface area (Å²) in [5.74, 6) is 0. The summed E-state index contributed by atoms with van der Waals surface area (Å²) >= 11 is 0. The highest BCUT2D eigenvalue weighted by Gasteiger charge is 2.51. The monoisotopic (exact) mass is 137 g/mol. The van der Waals surface area contributed by atoms with Crippen molar-refractivity contribution in [3.05, 3.63) is 0 Å². The molecule has 0 atom stereocenters. The number of hydrogen-bond donors (Lipinski definition) is 0. The molecule has 0 N–H and O–H groups in total. The molecule has 0 saturated heterocycles. The number of rotatable bonds is 1. The van der Waals surface area contributed by atoms with E-state index in [9.17, 15) is 0 Å². The molecule has 56 valence electrons. The molecule has 1 aliphatic rings. The second-order valence-electron chi connectivity index (χ2n) is 4.37. The topological polar surface area (TPSA) is 23.8 Å². The van der Waals surface area contributed by atoms with Crippen molar-refractivity contribution in [3.63, 3.8) is 0 Å². The van der Waals surface area contributed by atoms with E-state index in [0.29, 0.717) is 10.8 Å². The van der Waals surface area contributed by atoms with E-state index in [1.165, 1.54) is 12.8 Å². The molecule has 1 heteroatoms. The first kappa shape index (κ1) is 7.60. The smallest absolute Gasteiger partial charge is 0.0627 e. The van der Waals surface area contributed by atoms with E-state index in [0.717, 1.165) is 6.42 Å². The lowest BCUT2D eigenvalue weighted by atomic mass is 9.76. The molecule has 0 aromatic heterocycles. The summed E-state index contributed by atoms with van der Waals surface area (Å²) in [6.07, 6.45) is 3.25. The third-order valence-corrected chi connectivity index (χ3v) is 2.86. The highest BCUT2D eigenvalue weighted by Crippen LogP contribution is 2.60. The van der Waals surface area contributed by atoms with E-state index in [2.05, 4.69) is 26.8 Å². The minimum Gasteiger partial charge on any atom is -0.198 e. The van der Waals surface area contributed by atoms with Crippen LogP contribution in [-0.4, -0.2) is 0 Å². The molecule has 0 unspecified atom stereocenters. The van der Waals surface area contributed by atoms with Gasteiger partial charge in [0, 0.05) is 6.42 Å². The Morgan fingerprint density at radius 3 is 2.00 bits per heavy atom. The first-order valence-corrected chi connectivity index (χ1v) is 3.89. The summed E-state index contributed by atoms with van der Waals surface area (Å²) in [5, 5.41) is 8.56. The summed E-state index contributed by atoms with van der Waals surface area (Å²) in [7, 11) is 0. The maximum absolute atomic E-state index is 8.56. The zero-order chi connectivity index (χ0) is 7.83. The molecule has 1 nitrogen and oxygen atoms in total. The average Bonchev–Trinajstić information content (AvgIpc) is 2.45. The van der Waals surface area contributed by atoms with Crippen LogP contribution < -0.4 is 0 Å². The zero-order valence-electron chi connectivity index (χ0n) is 7.07. The summed E-state index contributed by atoms with van der Waals surface area (Å²) in [5.41, 5.74) is 0.713. The lowest BCUT2D eigenvalue weighted by molar-refractivity contribution is 0.218. The van der Waals surface area contributed by atoms with Gasteiger partial charge in [0.1, 0.15) is 0 Å². The molecule has 10 heavy (non-hydrogen) atoms. The Kier molecular flexibility index (Phi) is 1.51. The number of nitriles is 1. The van der Waals surface area contributed by atoms with E-state index >= 15 is 0 Å². The highest BCUT2D eigenvalue weighted by molar-refractivity contribution is 5.05. The lowest BCUT2D eigenvalue weighted by Crippen LogP contribution is -2.21. The second-order valence-corrected chi connectivity index (χ2v) is 4.37. The normalized spacial score (nSPS) is 21.8. The lowest BCUT2D eigenvalue weighted by Gasteiger charge is -2.28. The SMILES string of the molecule is CC(C)(C)C1(CC#N)CC1. The first-order valence-electron chi connectivity index (χ1n) is 3.89. The van der Waals surface area contributed by atoms with Crippen molar-refractivity contribution in [2.24, 2.45) is 10.8 Å². The second kappa shape index (κ2) is 1.99. The molecule has 1 saturated carbocycles. The molecule has 0 aliphatic heterocycles. The Morgan fingerprint density at radius 2 is 1.90 bits per heavy atom. The fourth-order valence-corrected chi connectivity index (χ4v) is 1.49. The molecule has 0 radical (unpaired) electrons. The van der Waals surface area contributed by atoms with E-state index in [1.807, 2.05) is 0 Å². The Morgan fingerprint density at radius 1 is 1.40 bits per heavy atom. The standard InChI is InChI=1S/C9H15N/c1-8(2,3)9(4-5-9)6-7-10/h4-6H2,1-3H3. The van der Waals surface area contributed by atoms with E-state index < -0.39 is 0 Å². The molecule has 0 heterocycles. The largest absolute Gasteiger partial charge is 0.198 e. The third kappa shape index (κ3) is 1.03. The molecule has 1 rings (SSSR count). The van der Waals surface area contributed by atoms with Gasteiger partial charge in [-0.3, -0.25) is 0 Å². The van der Waals surface area contributed by atoms with Gasteiger partial charge in [-0.25, -0.2) is 0 Å². The Bertz CT molecular complexity index is 164. The first-order chi connectivity index (χ1) is 4.52. The summed E-state index contributed by atoms with van der Waals surface area (Å²) in [4.78, 5) is 0. The molecule has 0 aromatic carbocycles. The minimum atomic E-state index is 0.336. The van der Waals surface area contributed by atoms with Crippen LogP contribution in [0.2, 0.25) is 0 Å². The van der Waals surface area contributed by atoms with Crippen molar-refractivity contribution in [1.29, 1.82) is 5.26 Å². The van der Waals surface area contributed by atoms with Crippen molar-refractivity contribution in [2.75, 3.05) is 0 Å². The molecule has 0 aromatic rings. The maximum atomic E-state index is 8.56. The van der Waals surface area contributed by atoms with Crippen LogP contribution in [0.1, 0.15) is 40.0 Å². The minimum absolute atomic E-state index is 0.336. The molecule has 1 aliphatic carbocycles. The van der Waals surface area contributed by atoms with Crippen LogP contribution in [0.3, 0.4) is 0 Å². The van der Waals surface area contributed by atoms with Crippen molar-refractivity contribution in [1.82, 2.24) is 0 Å². The van der Waals surface area contributed by atoms with Gasteiger partial charge in [-0.1, -0.05) is 20.8 Å². The van der Waals surface area contributed by atoms with Gasteiger partial charge in [0.2, 0.25) is 0 Å². The van der Waals surface area contributed by atoms with Gasteiger partial charge >= 0.3 is 0 Å². The zero-order valence-corrected chi connectivity index (χ0v) is 7.07. The van der Waals surface area contributed by atoms with Crippen LogP contribution in [-0.2, 0) is 0 Å². The summed E-state index contributed by atoms with van der Waals surface area (Å²) < 4.78 is 0. The molecular formula is C9H15N. The molecule has 0 bridgehead atoms. The fraction of sp³-hybridized carbons (Fsp3) is 0.889. The third-order valence-electron chi connectivity index (χ3n) is 2.86. The Hall–Kier alpha value is -0.510. The van der Waals surface area contributed by atoms with Crippen LogP contribution in [0.15, 0.2) is 0 Å². The van der Waals surface area contributed by atoms with Crippen molar-refractivity contribution in [3.8, 4) is 6.07 Å². The van der Waals surface area contributed by atoms with Gasteiger partial charge in [-0.15, -0.1) is 0 Å². The van der Waals surface area contributed by atoms with Crippen molar-refractivity contribution < 1.29 is 0 Å².